The van der Waals surface area contributed by atoms with Crippen molar-refractivity contribution in [2.45, 2.75) is 26.3 Å². The zero-order chi connectivity index (χ0) is 12.8. The Labute approximate surface area is 106 Å². The second-order valence-electron chi connectivity index (χ2n) is 4.28. The monoisotopic (exact) mass is 253 g/mol. The van der Waals surface area contributed by atoms with Crippen LogP contribution >= 0.6 is 0 Å². The van der Waals surface area contributed by atoms with E-state index in [0.29, 0.717) is 25.0 Å². The third-order valence-corrected chi connectivity index (χ3v) is 2.69. The summed E-state index contributed by atoms with van der Waals surface area (Å²) in [5.41, 5.74) is 0. The zero-order valence-corrected chi connectivity index (χ0v) is 10.6. The number of nitrogens with one attached hydrogen (secondary N) is 2. The third kappa shape index (κ3) is 3.43. The Morgan fingerprint density at radius 2 is 2.39 bits per heavy atom. The standard InChI is InChI=1S/C11H19N5O2/c1-2-4-12-7-10-14-15-11(18-10)16-6-3-5-13-9(17)8-16/h12H,2-8H2,1H3,(H,13,17). The van der Waals surface area contributed by atoms with Gasteiger partial charge in [0.15, 0.2) is 0 Å². The van der Waals surface area contributed by atoms with Crippen molar-refractivity contribution in [1.29, 1.82) is 0 Å². The van der Waals surface area contributed by atoms with Gasteiger partial charge in [0.05, 0.1) is 6.54 Å². The third-order valence-electron chi connectivity index (χ3n) is 2.69. The molecule has 2 rings (SSSR count). The molecule has 2 heterocycles. The molecular weight excluding hydrogens is 234 g/mol. The van der Waals surface area contributed by atoms with Crippen LogP contribution in [0.2, 0.25) is 0 Å². The summed E-state index contributed by atoms with van der Waals surface area (Å²) in [6, 6.07) is 0.431. The smallest absolute Gasteiger partial charge is 0.318 e. The van der Waals surface area contributed by atoms with E-state index in [1.807, 2.05) is 4.90 Å². The van der Waals surface area contributed by atoms with E-state index in [0.717, 1.165) is 25.9 Å². The van der Waals surface area contributed by atoms with E-state index in [4.69, 9.17) is 4.42 Å². The molecular formula is C11H19N5O2. The van der Waals surface area contributed by atoms with E-state index in [2.05, 4.69) is 27.8 Å². The molecule has 1 aromatic heterocycles. The van der Waals surface area contributed by atoms with Crippen LogP contribution in [0.25, 0.3) is 0 Å². The predicted molar refractivity (Wildman–Crippen MR) is 66.1 cm³/mol. The van der Waals surface area contributed by atoms with Crippen LogP contribution in [0.15, 0.2) is 4.42 Å². The van der Waals surface area contributed by atoms with Crippen molar-refractivity contribution in [3.05, 3.63) is 5.89 Å². The van der Waals surface area contributed by atoms with Crippen LogP contribution in [0.3, 0.4) is 0 Å². The van der Waals surface area contributed by atoms with E-state index in [9.17, 15) is 4.79 Å². The molecule has 1 fully saturated rings. The first-order valence-corrected chi connectivity index (χ1v) is 6.34. The number of carbonyl (C=O) groups is 1. The Hall–Kier alpha value is -1.63. The molecule has 0 saturated carbocycles. The molecule has 0 atom stereocenters. The Balaban J connectivity index is 1.93. The van der Waals surface area contributed by atoms with Gasteiger partial charge in [0.1, 0.15) is 6.54 Å². The fourth-order valence-corrected chi connectivity index (χ4v) is 1.79. The van der Waals surface area contributed by atoms with Crippen LogP contribution in [0, 0.1) is 0 Å². The lowest BCUT2D eigenvalue weighted by molar-refractivity contribution is -0.119. The highest BCUT2D eigenvalue weighted by Gasteiger charge is 2.19. The summed E-state index contributed by atoms with van der Waals surface area (Å²) in [4.78, 5) is 13.2. The Morgan fingerprint density at radius 1 is 1.50 bits per heavy atom. The summed E-state index contributed by atoms with van der Waals surface area (Å²) in [7, 11) is 0. The van der Waals surface area contributed by atoms with Crippen LogP contribution in [-0.2, 0) is 11.3 Å². The number of carbonyl (C=O) groups excluding carboxylic acids is 1. The van der Waals surface area contributed by atoms with Gasteiger partial charge in [-0.15, -0.1) is 5.10 Å². The number of nitrogens with zero attached hydrogens (tertiary/aromatic N) is 3. The number of amides is 1. The average Bonchev–Trinajstić information content (AvgIpc) is 2.72. The number of anilines is 1. The van der Waals surface area contributed by atoms with Crippen LogP contribution in [0.5, 0.6) is 0 Å². The molecule has 7 heteroatoms. The number of aromatic nitrogens is 2. The molecule has 0 aliphatic carbocycles. The van der Waals surface area contributed by atoms with Crippen LogP contribution in [-0.4, -0.2) is 42.3 Å². The topological polar surface area (TPSA) is 83.3 Å². The Kier molecular flexibility index (Phi) is 4.52. The van der Waals surface area contributed by atoms with E-state index in [-0.39, 0.29) is 12.5 Å². The lowest BCUT2D eigenvalue weighted by atomic mass is 10.4. The van der Waals surface area contributed by atoms with Crippen LogP contribution in [0.1, 0.15) is 25.7 Å². The molecule has 1 aromatic rings. The normalized spacial score (nSPS) is 16.5. The van der Waals surface area contributed by atoms with Gasteiger partial charge in [-0.3, -0.25) is 4.79 Å². The number of hydrogen-bond donors (Lipinski definition) is 2. The number of hydrogen-bond acceptors (Lipinski definition) is 6. The Bertz CT molecular complexity index is 393. The summed E-state index contributed by atoms with van der Waals surface area (Å²) in [5.74, 6) is 0.555. The molecule has 100 valence electrons. The molecule has 0 bridgehead atoms. The van der Waals surface area contributed by atoms with E-state index >= 15 is 0 Å². The lowest BCUT2D eigenvalue weighted by Gasteiger charge is -2.14. The van der Waals surface area contributed by atoms with Gasteiger partial charge in [-0.2, -0.15) is 0 Å². The van der Waals surface area contributed by atoms with E-state index in [1.165, 1.54) is 0 Å². The van der Waals surface area contributed by atoms with Crippen molar-refractivity contribution in [3.63, 3.8) is 0 Å². The molecule has 0 unspecified atom stereocenters. The van der Waals surface area contributed by atoms with Gasteiger partial charge >= 0.3 is 6.01 Å². The van der Waals surface area contributed by atoms with Gasteiger partial charge in [-0.1, -0.05) is 12.0 Å². The molecule has 0 radical (unpaired) electrons. The van der Waals surface area contributed by atoms with Crippen molar-refractivity contribution in [1.82, 2.24) is 20.8 Å². The summed E-state index contributed by atoms with van der Waals surface area (Å²) in [6.45, 7) is 5.33. The SMILES string of the molecule is CCCNCc1nnc(N2CCCNC(=O)C2)o1. The number of rotatable bonds is 5. The highest BCUT2D eigenvalue weighted by molar-refractivity contribution is 5.80. The minimum absolute atomic E-state index is 0.00337. The minimum atomic E-state index is -0.00337. The van der Waals surface area contributed by atoms with Gasteiger partial charge in [0, 0.05) is 13.1 Å². The van der Waals surface area contributed by atoms with E-state index in [1.54, 1.807) is 0 Å². The van der Waals surface area contributed by atoms with Gasteiger partial charge in [-0.05, 0) is 19.4 Å². The minimum Gasteiger partial charge on any atom is -0.407 e. The molecule has 1 amide bonds. The van der Waals surface area contributed by atoms with Crippen molar-refractivity contribution in [3.8, 4) is 0 Å². The first-order valence-electron chi connectivity index (χ1n) is 6.34. The fourth-order valence-electron chi connectivity index (χ4n) is 1.79. The summed E-state index contributed by atoms with van der Waals surface area (Å²) < 4.78 is 5.53. The van der Waals surface area contributed by atoms with E-state index < -0.39 is 0 Å². The summed E-state index contributed by atoms with van der Waals surface area (Å²) >= 11 is 0. The zero-order valence-electron chi connectivity index (χ0n) is 10.6. The molecule has 1 saturated heterocycles. The maximum Gasteiger partial charge on any atom is 0.318 e. The molecule has 0 spiro atoms. The predicted octanol–water partition coefficient (Wildman–Crippen LogP) is -0.104. The van der Waals surface area contributed by atoms with Gasteiger partial charge in [0.2, 0.25) is 11.8 Å². The quantitative estimate of drug-likeness (QED) is 0.713. The molecule has 0 aromatic carbocycles. The largest absolute Gasteiger partial charge is 0.407 e. The Morgan fingerprint density at radius 3 is 3.22 bits per heavy atom. The highest BCUT2D eigenvalue weighted by atomic mass is 16.4. The van der Waals surface area contributed by atoms with Crippen molar-refractivity contribution >= 4 is 11.9 Å². The summed E-state index contributed by atoms with van der Waals surface area (Å²) in [6.07, 6.45) is 1.95. The van der Waals surface area contributed by atoms with Crippen molar-refractivity contribution in [2.24, 2.45) is 0 Å². The summed E-state index contributed by atoms with van der Waals surface area (Å²) in [5, 5.41) is 14.0. The van der Waals surface area contributed by atoms with Crippen LogP contribution in [0.4, 0.5) is 6.01 Å². The highest BCUT2D eigenvalue weighted by Crippen LogP contribution is 2.13. The van der Waals surface area contributed by atoms with Crippen molar-refractivity contribution < 1.29 is 9.21 Å². The van der Waals surface area contributed by atoms with Crippen LogP contribution < -0.4 is 15.5 Å². The second kappa shape index (κ2) is 6.34. The van der Waals surface area contributed by atoms with Gasteiger partial charge < -0.3 is 20.0 Å². The maximum absolute atomic E-state index is 11.4. The maximum atomic E-state index is 11.4. The van der Waals surface area contributed by atoms with Gasteiger partial charge in [-0.25, -0.2) is 0 Å². The van der Waals surface area contributed by atoms with Crippen molar-refractivity contribution in [2.75, 3.05) is 31.1 Å². The molecule has 1 aliphatic heterocycles. The molecule has 2 N–H and O–H groups in total. The lowest BCUT2D eigenvalue weighted by Crippen LogP contribution is -2.33. The first-order chi connectivity index (χ1) is 8.79. The molecule has 18 heavy (non-hydrogen) atoms. The molecule has 1 aliphatic rings. The second-order valence-corrected chi connectivity index (χ2v) is 4.28. The fraction of sp³-hybridized carbons (Fsp3) is 0.727. The van der Waals surface area contributed by atoms with Gasteiger partial charge in [0.25, 0.3) is 0 Å². The first kappa shape index (κ1) is 12.8. The molecule has 7 nitrogen and oxygen atoms in total. The average molecular weight is 253 g/mol.